The molecule has 24 heavy (non-hydrogen) atoms. The van der Waals surface area contributed by atoms with Crippen LogP contribution in [-0.4, -0.2) is 12.1 Å². The normalized spacial score (nSPS) is 21.3. The summed E-state index contributed by atoms with van der Waals surface area (Å²) in [4.78, 5) is 0. The third-order valence-corrected chi connectivity index (χ3v) is 5.89. The molecule has 0 amide bonds. The van der Waals surface area contributed by atoms with E-state index in [1.807, 2.05) is 0 Å². The summed E-state index contributed by atoms with van der Waals surface area (Å²) in [6, 6.07) is 10.7. The van der Waals surface area contributed by atoms with Crippen LogP contribution < -0.4 is 10.6 Å². The molecule has 2 aliphatic carbocycles. The molecule has 2 N–H and O–H groups in total. The molecule has 2 aliphatic rings. The lowest BCUT2D eigenvalue weighted by Crippen LogP contribution is -2.28. The van der Waals surface area contributed by atoms with Crippen LogP contribution in [0.2, 0.25) is 0 Å². The van der Waals surface area contributed by atoms with Gasteiger partial charge in [-0.25, -0.2) is 0 Å². The van der Waals surface area contributed by atoms with Gasteiger partial charge >= 0.3 is 0 Å². The second-order valence-electron chi connectivity index (χ2n) is 7.96. The van der Waals surface area contributed by atoms with Crippen LogP contribution in [0.15, 0.2) is 24.3 Å². The SMILES string of the molecule is c1cc(CNC2CCCCCC2)cc(CNC2CCCCCC2)c1. The zero-order valence-corrected chi connectivity index (χ0v) is 15.4. The molecule has 2 heteroatoms. The molecule has 0 heterocycles. The minimum atomic E-state index is 0.736. The topological polar surface area (TPSA) is 24.1 Å². The van der Waals surface area contributed by atoms with Gasteiger partial charge in [-0.1, -0.05) is 75.6 Å². The molecule has 0 spiro atoms. The minimum Gasteiger partial charge on any atom is -0.310 e. The Hall–Kier alpha value is -0.860. The molecule has 3 rings (SSSR count). The molecular weight excluding hydrogens is 292 g/mol. The third kappa shape index (κ3) is 6.22. The molecule has 0 bridgehead atoms. The second-order valence-corrected chi connectivity index (χ2v) is 7.96. The Morgan fingerprint density at radius 3 is 1.46 bits per heavy atom. The van der Waals surface area contributed by atoms with Gasteiger partial charge in [0.1, 0.15) is 0 Å². The van der Waals surface area contributed by atoms with Crippen molar-refractivity contribution in [2.24, 2.45) is 0 Å². The number of benzene rings is 1. The van der Waals surface area contributed by atoms with Gasteiger partial charge in [0.2, 0.25) is 0 Å². The van der Waals surface area contributed by atoms with Crippen molar-refractivity contribution < 1.29 is 0 Å². The van der Waals surface area contributed by atoms with Crippen molar-refractivity contribution in [2.75, 3.05) is 0 Å². The second kappa shape index (κ2) is 10.2. The molecule has 0 radical (unpaired) electrons. The predicted octanol–water partition coefficient (Wildman–Crippen LogP) is 5.31. The fourth-order valence-electron chi connectivity index (χ4n) is 4.34. The van der Waals surface area contributed by atoms with E-state index in [9.17, 15) is 0 Å². The summed E-state index contributed by atoms with van der Waals surface area (Å²) in [6.45, 7) is 2.06. The maximum Gasteiger partial charge on any atom is 0.0208 e. The molecule has 134 valence electrons. The standard InChI is InChI=1S/C22H36N2/c1-2-6-13-21(12-5-1)23-17-19-10-9-11-20(16-19)18-24-22-14-7-3-4-8-15-22/h9-11,16,21-24H,1-8,12-15,17-18H2. The van der Waals surface area contributed by atoms with E-state index in [4.69, 9.17) is 0 Å². The highest BCUT2D eigenvalue weighted by atomic mass is 14.9. The van der Waals surface area contributed by atoms with E-state index in [2.05, 4.69) is 34.9 Å². The Morgan fingerprint density at radius 1 is 0.625 bits per heavy atom. The average molecular weight is 329 g/mol. The summed E-state index contributed by atoms with van der Waals surface area (Å²) in [5.41, 5.74) is 2.89. The van der Waals surface area contributed by atoms with Crippen LogP contribution in [-0.2, 0) is 13.1 Å². The van der Waals surface area contributed by atoms with Gasteiger partial charge in [0, 0.05) is 25.2 Å². The zero-order chi connectivity index (χ0) is 16.5. The lowest BCUT2D eigenvalue weighted by Gasteiger charge is -2.18. The van der Waals surface area contributed by atoms with Crippen LogP contribution in [0.25, 0.3) is 0 Å². The van der Waals surface area contributed by atoms with Gasteiger partial charge in [0.15, 0.2) is 0 Å². The molecule has 0 aliphatic heterocycles. The van der Waals surface area contributed by atoms with Crippen LogP contribution in [0.4, 0.5) is 0 Å². The van der Waals surface area contributed by atoms with Gasteiger partial charge < -0.3 is 10.6 Å². The lowest BCUT2D eigenvalue weighted by atomic mass is 10.1. The average Bonchev–Trinajstić information content (AvgIpc) is 3.03. The highest BCUT2D eigenvalue weighted by Crippen LogP contribution is 2.19. The first-order chi connectivity index (χ1) is 11.9. The van der Waals surface area contributed by atoms with Gasteiger partial charge in [-0.15, -0.1) is 0 Å². The maximum atomic E-state index is 3.80. The van der Waals surface area contributed by atoms with Gasteiger partial charge in [0.05, 0.1) is 0 Å². The van der Waals surface area contributed by atoms with E-state index in [0.717, 1.165) is 25.2 Å². The molecule has 0 unspecified atom stereocenters. The van der Waals surface area contributed by atoms with Gasteiger partial charge in [0.25, 0.3) is 0 Å². The molecule has 1 aromatic rings. The van der Waals surface area contributed by atoms with Crippen LogP contribution in [0.5, 0.6) is 0 Å². The summed E-state index contributed by atoms with van der Waals surface area (Å²) in [5.74, 6) is 0. The smallest absolute Gasteiger partial charge is 0.0208 e. The van der Waals surface area contributed by atoms with E-state index in [0.29, 0.717) is 0 Å². The predicted molar refractivity (Wildman–Crippen MR) is 103 cm³/mol. The summed E-state index contributed by atoms with van der Waals surface area (Å²) in [5, 5.41) is 7.60. The Bertz CT molecular complexity index is 416. The summed E-state index contributed by atoms with van der Waals surface area (Å²) >= 11 is 0. The summed E-state index contributed by atoms with van der Waals surface area (Å²) in [7, 11) is 0. The number of rotatable bonds is 6. The Morgan fingerprint density at radius 2 is 1.04 bits per heavy atom. The molecule has 2 saturated carbocycles. The lowest BCUT2D eigenvalue weighted by molar-refractivity contribution is 0.456. The van der Waals surface area contributed by atoms with E-state index >= 15 is 0 Å². The number of hydrogen-bond donors (Lipinski definition) is 2. The first kappa shape index (κ1) is 17.9. The fraction of sp³-hybridized carbons (Fsp3) is 0.727. The van der Waals surface area contributed by atoms with Crippen molar-refractivity contribution in [3.63, 3.8) is 0 Å². The van der Waals surface area contributed by atoms with Crippen molar-refractivity contribution in [3.8, 4) is 0 Å². The van der Waals surface area contributed by atoms with Gasteiger partial charge in [-0.3, -0.25) is 0 Å². The first-order valence-electron chi connectivity index (χ1n) is 10.4. The van der Waals surface area contributed by atoms with Crippen molar-refractivity contribution in [3.05, 3.63) is 35.4 Å². The highest BCUT2D eigenvalue weighted by Gasteiger charge is 2.12. The van der Waals surface area contributed by atoms with Crippen molar-refractivity contribution in [1.82, 2.24) is 10.6 Å². The van der Waals surface area contributed by atoms with Crippen molar-refractivity contribution >= 4 is 0 Å². The molecular formula is C22H36N2. The van der Waals surface area contributed by atoms with E-state index in [1.165, 1.54) is 88.2 Å². The molecule has 2 nitrogen and oxygen atoms in total. The van der Waals surface area contributed by atoms with Crippen molar-refractivity contribution in [2.45, 2.75) is 102 Å². The van der Waals surface area contributed by atoms with Crippen LogP contribution in [0, 0.1) is 0 Å². The maximum absolute atomic E-state index is 3.80. The van der Waals surface area contributed by atoms with Crippen LogP contribution >= 0.6 is 0 Å². The largest absolute Gasteiger partial charge is 0.310 e. The molecule has 0 saturated heterocycles. The minimum absolute atomic E-state index is 0.736. The zero-order valence-electron chi connectivity index (χ0n) is 15.4. The highest BCUT2D eigenvalue weighted by molar-refractivity contribution is 5.23. The number of nitrogens with one attached hydrogen (secondary N) is 2. The fourth-order valence-corrected chi connectivity index (χ4v) is 4.34. The monoisotopic (exact) mass is 328 g/mol. The van der Waals surface area contributed by atoms with E-state index < -0.39 is 0 Å². The van der Waals surface area contributed by atoms with Crippen LogP contribution in [0.3, 0.4) is 0 Å². The van der Waals surface area contributed by atoms with Crippen molar-refractivity contribution in [1.29, 1.82) is 0 Å². The summed E-state index contributed by atoms with van der Waals surface area (Å²) < 4.78 is 0. The molecule has 2 fully saturated rings. The van der Waals surface area contributed by atoms with Crippen LogP contribution in [0.1, 0.15) is 88.2 Å². The number of hydrogen-bond acceptors (Lipinski definition) is 2. The quantitative estimate of drug-likeness (QED) is 0.691. The molecule has 0 aromatic heterocycles. The van der Waals surface area contributed by atoms with Gasteiger partial charge in [-0.2, -0.15) is 0 Å². The Labute approximate surface area is 148 Å². The molecule has 0 atom stereocenters. The van der Waals surface area contributed by atoms with Gasteiger partial charge in [-0.05, 0) is 36.8 Å². The summed E-state index contributed by atoms with van der Waals surface area (Å²) in [6.07, 6.45) is 16.8. The molecule has 1 aromatic carbocycles. The van der Waals surface area contributed by atoms with E-state index in [1.54, 1.807) is 0 Å². The Balaban J connectivity index is 1.44. The van der Waals surface area contributed by atoms with E-state index in [-0.39, 0.29) is 0 Å². The third-order valence-electron chi connectivity index (χ3n) is 5.89. The first-order valence-corrected chi connectivity index (χ1v) is 10.4. The Kier molecular flexibility index (Phi) is 7.63.